The summed E-state index contributed by atoms with van der Waals surface area (Å²) in [7, 11) is 0. The van der Waals surface area contributed by atoms with E-state index in [-0.39, 0.29) is 6.61 Å². The Hall–Kier alpha value is -1.72. The Kier molecular flexibility index (Phi) is 3.80. The molecule has 0 atom stereocenters. The number of aliphatic hydroxyl groups is 1. The number of pyridine rings is 1. The van der Waals surface area contributed by atoms with E-state index in [1.54, 1.807) is 11.3 Å². The number of rotatable bonds is 5. The van der Waals surface area contributed by atoms with Gasteiger partial charge in [0.25, 0.3) is 0 Å². The Morgan fingerprint density at radius 2 is 2.30 bits per heavy atom. The molecule has 0 aliphatic heterocycles. The maximum atomic E-state index is 9.08. The maximum absolute atomic E-state index is 9.08. The summed E-state index contributed by atoms with van der Waals surface area (Å²) in [6, 6.07) is 6.25. The molecule has 0 fully saturated rings. The first kappa shape index (κ1) is 13.3. The Morgan fingerprint density at radius 3 is 3.05 bits per heavy atom. The van der Waals surface area contributed by atoms with Crippen molar-refractivity contribution in [2.45, 2.75) is 26.3 Å². The second-order valence-electron chi connectivity index (χ2n) is 4.87. The van der Waals surface area contributed by atoms with Gasteiger partial charge in [-0.05, 0) is 36.4 Å². The van der Waals surface area contributed by atoms with Crippen molar-refractivity contribution in [1.29, 1.82) is 0 Å². The molecule has 0 aliphatic rings. The first-order valence-electron chi connectivity index (χ1n) is 6.73. The molecule has 5 heteroatoms. The largest absolute Gasteiger partial charge is 0.396 e. The molecule has 104 valence electrons. The fourth-order valence-electron chi connectivity index (χ4n) is 2.33. The highest BCUT2D eigenvalue weighted by Crippen LogP contribution is 2.20. The summed E-state index contributed by atoms with van der Waals surface area (Å²) in [4.78, 5) is 10.5. The molecule has 4 nitrogen and oxygen atoms in total. The summed E-state index contributed by atoms with van der Waals surface area (Å²) in [5.41, 5.74) is 2.97. The van der Waals surface area contributed by atoms with Crippen LogP contribution in [0.15, 0.2) is 29.8 Å². The quantitative estimate of drug-likeness (QED) is 0.785. The molecule has 0 aliphatic carbocycles. The number of imidazole rings is 1. The number of nitrogens with zero attached hydrogens (tertiary/aromatic N) is 3. The molecular formula is C15H17N3OS. The Morgan fingerprint density at radius 1 is 1.40 bits per heavy atom. The molecule has 0 bridgehead atoms. The van der Waals surface area contributed by atoms with Crippen LogP contribution in [0.2, 0.25) is 0 Å². The lowest BCUT2D eigenvalue weighted by molar-refractivity contribution is 0.280. The van der Waals surface area contributed by atoms with Gasteiger partial charge in [0.05, 0.1) is 0 Å². The number of hydrogen-bond donors (Lipinski definition) is 1. The van der Waals surface area contributed by atoms with Gasteiger partial charge in [-0.15, -0.1) is 11.3 Å². The second-order valence-corrected chi connectivity index (χ2v) is 5.90. The smallest absolute Gasteiger partial charge is 0.160 e. The minimum atomic E-state index is 0.185. The van der Waals surface area contributed by atoms with Crippen LogP contribution in [0.4, 0.5) is 0 Å². The minimum Gasteiger partial charge on any atom is -0.396 e. The van der Waals surface area contributed by atoms with Crippen molar-refractivity contribution in [3.63, 3.8) is 0 Å². The van der Waals surface area contributed by atoms with Crippen LogP contribution < -0.4 is 0 Å². The van der Waals surface area contributed by atoms with Crippen molar-refractivity contribution in [3.8, 4) is 0 Å². The predicted octanol–water partition coefficient (Wildman–Crippen LogP) is 2.77. The molecule has 0 amide bonds. The number of thiophene rings is 1. The van der Waals surface area contributed by atoms with Crippen molar-refractivity contribution >= 4 is 22.5 Å². The molecule has 0 saturated carbocycles. The molecule has 20 heavy (non-hydrogen) atoms. The van der Waals surface area contributed by atoms with Crippen LogP contribution in [0, 0.1) is 6.92 Å². The third kappa shape index (κ3) is 2.59. The Balaban J connectivity index is 2.03. The number of hydrogen-bond acceptors (Lipinski definition) is 4. The predicted molar refractivity (Wildman–Crippen MR) is 81.1 cm³/mol. The summed E-state index contributed by atoms with van der Waals surface area (Å²) in [6.07, 6.45) is 3.41. The average molecular weight is 287 g/mol. The van der Waals surface area contributed by atoms with Crippen LogP contribution in [0.1, 0.15) is 22.7 Å². The summed E-state index contributed by atoms with van der Waals surface area (Å²) in [5.74, 6) is 1.02. The fraction of sp³-hybridized carbons (Fsp3) is 0.333. The highest BCUT2D eigenvalue weighted by molar-refractivity contribution is 7.09. The number of aliphatic hydroxyl groups excluding tert-OH is 1. The summed E-state index contributed by atoms with van der Waals surface area (Å²) < 4.78 is 2.13. The van der Waals surface area contributed by atoms with E-state index < -0.39 is 0 Å². The van der Waals surface area contributed by atoms with E-state index in [2.05, 4.69) is 33.1 Å². The van der Waals surface area contributed by atoms with E-state index >= 15 is 0 Å². The van der Waals surface area contributed by atoms with Gasteiger partial charge in [0.15, 0.2) is 5.65 Å². The van der Waals surface area contributed by atoms with Gasteiger partial charge in [-0.25, -0.2) is 9.97 Å². The normalized spacial score (nSPS) is 11.3. The number of aryl methyl sites for hydroxylation is 2. The van der Waals surface area contributed by atoms with Gasteiger partial charge in [0.1, 0.15) is 11.3 Å². The molecule has 3 rings (SSSR count). The van der Waals surface area contributed by atoms with Crippen LogP contribution >= 0.6 is 11.3 Å². The standard InChI is InChI=1S/C15H17N3OS/c1-11-8-13-15(16-10-11)18(5-3-6-19)14(17-13)9-12-4-2-7-20-12/h2,4,7-8,10,19H,3,5-6,9H2,1H3. The van der Waals surface area contributed by atoms with Gasteiger partial charge in [-0.1, -0.05) is 6.07 Å². The topological polar surface area (TPSA) is 50.9 Å². The molecule has 0 radical (unpaired) electrons. The monoisotopic (exact) mass is 287 g/mol. The lowest BCUT2D eigenvalue weighted by Gasteiger charge is -2.06. The van der Waals surface area contributed by atoms with Gasteiger partial charge in [0, 0.05) is 30.6 Å². The third-order valence-corrected chi connectivity index (χ3v) is 4.13. The molecule has 0 spiro atoms. The van der Waals surface area contributed by atoms with Crippen molar-refractivity contribution in [1.82, 2.24) is 14.5 Å². The van der Waals surface area contributed by atoms with E-state index in [4.69, 9.17) is 10.1 Å². The van der Waals surface area contributed by atoms with Gasteiger partial charge in [0.2, 0.25) is 0 Å². The van der Waals surface area contributed by atoms with E-state index in [0.717, 1.165) is 41.9 Å². The Labute approximate surface area is 121 Å². The van der Waals surface area contributed by atoms with Crippen molar-refractivity contribution in [3.05, 3.63) is 46.0 Å². The number of aromatic nitrogens is 3. The third-order valence-electron chi connectivity index (χ3n) is 3.25. The maximum Gasteiger partial charge on any atom is 0.160 e. The zero-order valence-corrected chi connectivity index (χ0v) is 12.2. The Bertz CT molecular complexity index is 703. The SMILES string of the molecule is Cc1cnc2c(c1)nc(Cc1cccs1)n2CCCO. The molecule has 0 unspecified atom stereocenters. The molecule has 0 aromatic carbocycles. The van der Waals surface area contributed by atoms with Gasteiger partial charge < -0.3 is 9.67 Å². The van der Waals surface area contributed by atoms with Crippen LogP contribution in [-0.4, -0.2) is 26.2 Å². The minimum absolute atomic E-state index is 0.185. The summed E-state index contributed by atoms with van der Waals surface area (Å²) in [6.45, 7) is 2.96. The zero-order valence-electron chi connectivity index (χ0n) is 11.4. The molecule has 3 aromatic heterocycles. The van der Waals surface area contributed by atoms with Crippen molar-refractivity contribution in [2.75, 3.05) is 6.61 Å². The number of fused-ring (bicyclic) bond motifs is 1. The van der Waals surface area contributed by atoms with Crippen LogP contribution in [0.3, 0.4) is 0 Å². The summed E-state index contributed by atoms with van der Waals surface area (Å²) in [5, 5.41) is 11.2. The highest BCUT2D eigenvalue weighted by Gasteiger charge is 2.12. The highest BCUT2D eigenvalue weighted by atomic mass is 32.1. The van der Waals surface area contributed by atoms with Gasteiger partial charge in [-0.2, -0.15) is 0 Å². The fourth-order valence-corrected chi connectivity index (χ4v) is 3.03. The first-order chi connectivity index (χ1) is 9.78. The molecule has 0 saturated heterocycles. The molecule has 3 heterocycles. The second kappa shape index (κ2) is 5.73. The molecule has 1 N–H and O–H groups in total. The summed E-state index contributed by atoms with van der Waals surface area (Å²) >= 11 is 1.74. The zero-order chi connectivity index (χ0) is 13.9. The van der Waals surface area contributed by atoms with Crippen LogP contribution in [-0.2, 0) is 13.0 Å². The van der Waals surface area contributed by atoms with Crippen LogP contribution in [0.25, 0.3) is 11.2 Å². The molecular weight excluding hydrogens is 270 g/mol. The van der Waals surface area contributed by atoms with Gasteiger partial charge in [-0.3, -0.25) is 0 Å². The van der Waals surface area contributed by atoms with E-state index in [0.29, 0.717) is 0 Å². The first-order valence-corrected chi connectivity index (χ1v) is 7.61. The lowest BCUT2D eigenvalue weighted by Crippen LogP contribution is -2.06. The van der Waals surface area contributed by atoms with E-state index in [9.17, 15) is 0 Å². The average Bonchev–Trinajstić information content (AvgIpc) is 3.04. The van der Waals surface area contributed by atoms with Crippen LogP contribution in [0.5, 0.6) is 0 Å². The van der Waals surface area contributed by atoms with Crippen molar-refractivity contribution < 1.29 is 5.11 Å². The van der Waals surface area contributed by atoms with Crippen molar-refractivity contribution in [2.24, 2.45) is 0 Å². The molecule has 3 aromatic rings. The lowest BCUT2D eigenvalue weighted by atomic mass is 10.3. The van der Waals surface area contributed by atoms with E-state index in [1.807, 2.05) is 13.1 Å². The van der Waals surface area contributed by atoms with Gasteiger partial charge >= 0.3 is 0 Å². The van der Waals surface area contributed by atoms with E-state index in [1.165, 1.54) is 4.88 Å².